The highest BCUT2D eigenvalue weighted by Crippen LogP contribution is 2.49. The second-order valence-corrected chi connectivity index (χ2v) is 5.52. The first-order valence-electron chi connectivity index (χ1n) is 6.40. The molecule has 1 fully saturated rings. The quantitative estimate of drug-likeness (QED) is 0.877. The van der Waals surface area contributed by atoms with Gasteiger partial charge in [-0.2, -0.15) is 13.2 Å². The van der Waals surface area contributed by atoms with E-state index in [2.05, 4.69) is 0 Å². The Balaban J connectivity index is 2.53. The van der Waals surface area contributed by atoms with Gasteiger partial charge >= 0.3 is 12.1 Å². The number of hydrogen-bond acceptors (Lipinski definition) is 2. The molecular formula is C14H14ClF3O3. The molecule has 1 aromatic carbocycles. The Labute approximate surface area is 124 Å². The van der Waals surface area contributed by atoms with Gasteiger partial charge in [0.1, 0.15) is 5.75 Å². The van der Waals surface area contributed by atoms with Crippen molar-refractivity contribution in [1.82, 2.24) is 0 Å². The van der Waals surface area contributed by atoms with E-state index in [-0.39, 0.29) is 28.7 Å². The van der Waals surface area contributed by atoms with E-state index in [0.29, 0.717) is 0 Å². The van der Waals surface area contributed by atoms with Crippen LogP contribution in [0.1, 0.15) is 36.3 Å². The fourth-order valence-electron chi connectivity index (χ4n) is 2.49. The molecule has 2 rings (SSSR count). The highest BCUT2D eigenvalue weighted by molar-refractivity contribution is 6.32. The van der Waals surface area contributed by atoms with Crippen molar-refractivity contribution >= 4 is 17.6 Å². The van der Waals surface area contributed by atoms with Crippen LogP contribution in [0.3, 0.4) is 0 Å². The number of alkyl halides is 3. The number of rotatable bonds is 5. The molecule has 116 valence electrons. The van der Waals surface area contributed by atoms with Gasteiger partial charge in [0.15, 0.2) is 0 Å². The predicted octanol–water partition coefficient (Wildman–Crippen LogP) is 4.34. The molecule has 1 aromatic rings. The van der Waals surface area contributed by atoms with Crippen LogP contribution < -0.4 is 4.74 Å². The molecule has 0 amide bonds. The summed E-state index contributed by atoms with van der Waals surface area (Å²) in [5, 5.41) is 9.00. The minimum atomic E-state index is -4.58. The number of hydrogen-bond donors (Lipinski definition) is 1. The maximum atomic E-state index is 13.2. The summed E-state index contributed by atoms with van der Waals surface area (Å²) in [6.07, 6.45) is -3.45. The van der Waals surface area contributed by atoms with Crippen molar-refractivity contribution in [3.8, 4) is 5.75 Å². The Morgan fingerprint density at radius 3 is 2.52 bits per heavy atom. The normalized spacial score (nSPS) is 16.6. The number of ether oxygens (including phenoxy) is 1. The van der Waals surface area contributed by atoms with Crippen molar-refractivity contribution < 1.29 is 27.8 Å². The van der Waals surface area contributed by atoms with Gasteiger partial charge < -0.3 is 9.84 Å². The van der Waals surface area contributed by atoms with Crippen molar-refractivity contribution in [3.05, 3.63) is 28.3 Å². The molecule has 0 heterocycles. The molecule has 0 bridgehead atoms. The lowest BCUT2D eigenvalue weighted by Gasteiger charge is -2.21. The van der Waals surface area contributed by atoms with Crippen LogP contribution in [0.2, 0.25) is 5.02 Å². The molecule has 7 heteroatoms. The minimum absolute atomic E-state index is 0.0355. The second kappa shape index (κ2) is 5.75. The predicted molar refractivity (Wildman–Crippen MR) is 70.7 cm³/mol. The summed E-state index contributed by atoms with van der Waals surface area (Å²) in [5.74, 6) is -1.90. The summed E-state index contributed by atoms with van der Waals surface area (Å²) in [6, 6.07) is 2.03. The molecule has 0 aliphatic heterocycles. The molecule has 1 N–H and O–H groups in total. The van der Waals surface area contributed by atoms with Crippen molar-refractivity contribution in [3.63, 3.8) is 0 Å². The Bertz CT molecular complexity index is 553. The van der Waals surface area contributed by atoms with Crippen LogP contribution in [0.15, 0.2) is 12.1 Å². The van der Waals surface area contributed by atoms with E-state index in [1.54, 1.807) is 0 Å². The standard InChI is InChI=1S/C14H14ClF3O3/c1-21-12-6-10(14(16,17)18)9(4-11(12)15)8(5-13(19)20)7-2-3-7/h4,6-8H,2-3,5H2,1H3,(H,19,20). The van der Waals surface area contributed by atoms with Crippen molar-refractivity contribution in [2.75, 3.05) is 7.11 Å². The molecule has 0 saturated heterocycles. The van der Waals surface area contributed by atoms with Gasteiger partial charge in [-0.15, -0.1) is 0 Å². The molecule has 1 aliphatic rings. The molecular weight excluding hydrogens is 309 g/mol. The maximum Gasteiger partial charge on any atom is 0.416 e. The lowest BCUT2D eigenvalue weighted by molar-refractivity contribution is -0.140. The minimum Gasteiger partial charge on any atom is -0.495 e. The number of carboxylic acid groups (broad SMARTS) is 1. The van der Waals surface area contributed by atoms with E-state index in [4.69, 9.17) is 21.4 Å². The number of carbonyl (C=O) groups is 1. The molecule has 21 heavy (non-hydrogen) atoms. The van der Waals surface area contributed by atoms with E-state index >= 15 is 0 Å². The molecule has 1 atom stereocenters. The number of halogens is 4. The molecule has 0 spiro atoms. The van der Waals surface area contributed by atoms with Crippen LogP contribution in [0.5, 0.6) is 5.75 Å². The molecule has 0 radical (unpaired) electrons. The summed E-state index contributed by atoms with van der Waals surface area (Å²) in [7, 11) is 1.23. The van der Waals surface area contributed by atoms with E-state index in [1.807, 2.05) is 0 Å². The van der Waals surface area contributed by atoms with E-state index in [9.17, 15) is 18.0 Å². The third kappa shape index (κ3) is 3.61. The Kier molecular flexibility index (Phi) is 4.37. The number of carboxylic acids is 1. The molecule has 1 aliphatic carbocycles. The van der Waals surface area contributed by atoms with Crippen LogP contribution in [0.4, 0.5) is 13.2 Å². The van der Waals surface area contributed by atoms with Gasteiger partial charge in [-0.05, 0) is 42.4 Å². The SMILES string of the molecule is COc1cc(C(F)(F)F)c(C(CC(=O)O)C2CC2)cc1Cl. The summed E-state index contributed by atoms with van der Waals surface area (Å²) < 4.78 is 44.5. The van der Waals surface area contributed by atoms with Crippen molar-refractivity contribution in [1.29, 1.82) is 0 Å². The average Bonchev–Trinajstić information content (AvgIpc) is 3.18. The topological polar surface area (TPSA) is 46.5 Å². The first kappa shape index (κ1) is 15.9. The number of aliphatic carboxylic acids is 1. The fraction of sp³-hybridized carbons (Fsp3) is 0.500. The largest absolute Gasteiger partial charge is 0.495 e. The Morgan fingerprint density at radius 1 is 1.48 bits per heavy atom. The zero-order valence-corrected chi connectivity index (χ0v) is 12.0. The highest BCUT2D eigenvalue weighted by Gasteiger charge is 2.41. The first-order chi connectivity index (χ1) is 9.74. The monoisotopic (exact) mass is 322 g/mol. The summed E-state index contributed by atoms with van der Waals surface area (Å²) in [5.41, 5.74) is -0.930. The summed E-state index contributed by atoms with van der Waals surface area (Å²) in [6.45, 7) is 0. The number of benzene rings is 1. The van der Waals surface area contributed by atoms with Gasteiger partial charge in [-0.3, -0.25) is 4.79 Å². The zero-order chi connectivity index (χ0) is 15.8. The van der Waals surface area contributed by atoms with Crippen LogP contribution in [-0.4, -0.2) is 18.2 Å². The van der Waals surface area contributed by atoms with Gasteiger partial charge in [-0.25, -0.2) is 0 Å². The smallest absolute Gasteiger partial charge is 0.416 e. The molecule has 1 unspecified atom stereocenters. The Morgan fingerprint density at radius 2 is 2.10 bits per heavy atom. The Hall–Kier alpha value is -1.43. The molecule has 3 nitrogen and oxygen atoms in total. The van der Waals surface area contributed by atoms with Gasteiger partial charge in [0.25, 0.3) is 0 Å². The third-order valence-electron chi connectivity index (χ3n) is 3.61. The van der Waals surface area contributed by atoms with E-state index in [1.165, 1.54) is 13.2 Å². The van der Waals surface area contributed by atoms with Crippen molar-refractivity contribution in [2.24, 2.45) is 5.92 Å². The van der Waals surface area contributed by atoms with Gasteiger partial charge in [-0.1, -0.05) is 11.6 Å². The first-order valence-corrected chi connectivity index (χ1v) is 6.78. The third-order valence-corrected chi connectivity index (χ3v) is 3.91. The van der Waals surface area contributed by atoms with E-state index < -0.39 is 23.6 Å². The van der Waals surface area contributed by atoms with Crippen LogP contribution in [0.25, 0.3) is 0 Å². The van der Waals surface area contributed by atoms with Crippen LogP contribution in [-0.2, 0) is 11.0 Å². The van der Waals surface area contributed by atoms with Crippen LogP contribution >= 0.6 is 11.6 Å². The van der Waals surface area contributed by atoms with Gasteiger partial charge in [0.2, 0.25) is 0 Å². The second-order valence-electron chi connectivity index (χ2n) is 5.11. The lowest BCUT2D eigenvalue weighted by Crippen LogP contribution is -2.16. The zero-order valence-electron chi connectivity index (χ0n) is 11.2. The molecule has 1 saturated carbocycles. The lowest BCUT2D eigenvalue weighted by atomic mass is 9.87. The number of methoxy groups -OCH3 is 1. The average molecular weight is 323 g/mol. The maximum absolute atomic E-state index is 13.2. The van der Waals surface area contributed by atoms with Gasteiger partial charge in [0, 0.05) is 0 Å². The molecule has 0 aromatic heterocycles. The van der Waals surface area contributed by atoms with Gasteiger partial charge in [0.05, 0.1) is 24.1 Å². The fourth-order valence-corrected chi connectivity index (χ4v) is 2.74. The summed E-state index contributed by atoms with van der Waals surface area (Å²) >= 11 is 5.92. The van der Waals surface area contributed by atoms with Crippen LogP contribution in [0, 0.1) is 5.92 Å². The summed E-state index contributed by atoms with van der Waals surface area (Å²) in [4.78, 5) is 10.9. The van der Waals surface area contributed by atoms with E-state index in [0.717, 1.165) is 18.9 Å². The highest BCUT2D eigenvalue weighted by atomic mass is 35.5. The van der Waals surface area contributed by atoms with Crippen molar-refractivity contribution in [2.45, 2.75) is 31.4 Å².